The molecule has 0 amide bonds. The molecule has 0 rings (SSSR count). The van der Waals surface area contributed by atoms with Gasteiger partial charge in [-0.15, -0.1) is 0 Å². The minimum atomic E-state index is -0.782. The van der Waals surface area contributed by atoms with E-state index in [9.17, 15) is 14.4 Å². The maximum atomic E-state index is 12.7. The number of hydrogen-bond donors (Lipinski definition) is 0. The normalized spacial score (nSPS) is 12.4. The van der Waals surface area contributed by atoms with Gasteiger partial charge in [-0.2, -0.15) is 0 Å². The van der Waals surface area contributed by atoms with Crippen molar-refractivity contribution in [2.75, 3.05) is 13.2 Å². The van der Waals surface area contributed by atoms with E-state index in [1.165, 1.54) is 83.5 Å². The topological polar surface area (TPSA) is 78.9 Å². The third-order valence-corrected chi connectivity index (χ3v) is 10.3. The van der Waals surface area contributed by atoms with Gasteiger partial charge in [-0.1, -0.05) is 198 Å². The van der Waals surface area contributed by atoms with Crippen LogP contribution >= 0.6 is 0 Å². The van der Waals surface area contributed by atoms with Crippen molar-refractivity contribution >= 4 is 17.9 Å². The van der Waals surface area contributed by atoms with Crippen LogP contribution in [0.25, 0.3) is 0 Å². The van der Waals surface area contributed by atoms with Crippen molar-refractivity contribution in [3.63, 3.8) is 0 Å². The van der Waals surface area contributed by atoms with E-state index in [1.54, 1.807) is 0 Å². The van der Waals surface area contributed by atoms with Crippen molar-refractivity contribution < 1.29 is 28.6 Å². The Morgan fingerprint density at radius 3 is 1.05 bits per heavy atom. The standard InChI is InChI=1S/C51H90O6/c1-4-7-10-13-16-19-22-25-26-27-30-32-35-38-41-44-50(53)56-47-48(57-51(54)45-42-39-36-33-29-24-21-18-15-12-9-6-3)46-55-49(52)43-40-37-34-31-28-23-20-17-14-11-8-5-2/h8-9,11-12,17-18,20-21,48H,4-7,10,13-16,19,22-47H2,1-3H3/b11-8-,12-9-,20-17-,21-18-. The first kappa shape index (κ1) is 54.4. The van der Waals surface area contributed by atoms with E-state index in [2.05, 4.69) is 69.4 Å². The van der Waals surface area contributed by atoms with E-state index < -0.39 is 6.10 Å². The van der Waals surface area contributed by atoms with Gasteiger partial charge >= 0.3 is 17.9 Å². The smallest absolute Gasteiger partial charge is 0.306 e. The Morgan fingerprint density at radius 2 is 0.684 bits per heavy atom. The third kappa shape index (κ3) is 44.3. The largest absolute Gasteiger partial charge is 0.462 e. The van der Waals surface area contributed by atoms with Crippen LogP contribution in [0.3, 0.4) is 0 Å². The summed E-state index contributed by atoms with van der Waals surface area (Å²) >= 11 is 0. The van der Waals surface area contributed by atoms with Gasteiger partial charge in [-0.05, 0) is 70.6 Å². The molecule has 6 nitrogen and oxygen atoms in total. The molecule has 0 heterocycles. The molecule has 0 aromatic rings. The SMILES string of the molecule is CC/C=C\C/C=C\CCCCCCCC(=O)OCC(COC(=O)CCCCCCCCCCCCCCCCC)OC(=O)CCCCCCC/C=C\C/C=C\CC. The minimum absolute atomic E-state index is 0.0817. The van der Waals surface area contributed by atoms with Crippen molar-refractivity contribution in [2.24, 2.45) is 0 Å². The molecule has 57 heavy (non-hydrogen) atoms. The predicted octanol–water partition coefficient (Wildman–Crippen LogP) is 15.5. The average Bonchev–Trinajstić information content (AvgIpc) is 3.21. The monoisotopic (exact) mass is 799 g/mol. The van der Waals surface area contributed by atoms with Gasteiger partial charge in [0.1, 0.15) is 13.2 Å². The van der Waals surface area contributed by atoms with E-state index >= 15 is 0 Å². The Hall–Kier alpha value is -2.63. The number of esters is 3. The molecule has 0 aromatic heterocycles. The Balaban J connectivity index is 4.37. The summed E-state index contributed by atoms with van der Waals surface area (Å²) in [6, 6.07) is 0. The van der Waals surface area contributed by atoms with Crippen LogP contribution in [0, 0.1) is 0 Å². The molecule has 0 aromatic carbocycles. The Kier molecular flexibility index (Phi) is 43.9. The summed E-state index contributed by atoms with van der Waals surface area (Å²) in [5.41, 5.74) is 0. The van der Waals surface area contributed by atoms with Crippen molar-refractivity contribution in [2.45, 2.75) is 245 Å². The van der Waals surface area contributed by atoms with Crippen LogP contribution in [-0.2, 0) is 28.6 Å². The maximum Gasteiger partial charge on any atom is 0.306 e. The van der Waals surface area contributed by atoms with Gasteiger partial charge < -0.3 is 14.2 Å². The fraction of sp³-hybridized carbons (Fsp3) is 0.784. The molecule has 0 saturated heterocycles. The number of carbonyl (C=O) groups excluding carboxylic acids is 3. The van der Waals surface area contributed by atoms with E-state index in [0.717, 1.165) is 116 Å². The van der Waals surface area contributed by atoms with Crippen LogP contribution in [0.2, 0.25) is 0 Å². The van der Waals surface area contributed by atoms with Crippen molar-refractivity contribution in [3.05, 3.63) is 48.6 Å². The van der Waals surface area contributed by atoms with Crippen molar-refractivity contribution in [1.29, 1.82) is 0 Å². The van der Waals surface area contributed by atoms with Crippen LogP contribution in [-0.4, -0.2) is 37.2 Å². The van der Waals surface area contributed by atoms with Gasteiger partial charge in [0.25, 0.3) is 0 Å². The summed E-state index contributed by atoms with van der Waals surface area (Å²) < 4.78 is 16.7. The highest BCUT2D eigenvalue weighted by Crippen LogP contribution is 2.15. The Labute approximate surface area is 352 Å². The molecule has 0 spiro atoms. The molecule has 0 radical (unpaired) electrons. The highest BCUT2D eigenvalue weighted by molar-refractivity contribution is 5.71. The second-order valence-electron chi connectivity index (χ2n) is 16.0. The average molecular weight is 799 g/mol. The van der Waals surface area contributed by atoms with Gasteiger partial charge in [0, 0.05) is 19.3 Å². The van der Waals surface area contributed by atoms with E-state index in [4.69, 9.17) is 14.2 Å². The summed E-state index contributed by atoms with van der Waals surface area (Å²) in [5.74, 6) is -0.909. The zero-order chi connectivity index (χ0) is 41.5. The fourth-order valence-corrected chi connectivity index (χ4v) is 6.75. The lowest BCUT2D eigenvalue weighted by molar-refractivity contribution is -0.167. The van der Waals surface area contributed by atoms with Gasteiger partial charge in [0.2, 0.25) is 0 Å². The second-order valence-corrected chi connectivity index (χ2v) is 16.0. The molecule has 0 saturated carbocycles. The second kappa shape index (κ2) is 46.1. The molecule has 0 bridgehead atoms. The number of ether oxygens (including phenoxy) is 3. The zero-order valence-corrected chi connectivity index (χ0v) is 37.6. The van der Waals surface area contributed by atoms with Crippen LogP contribution in [0.15, 0.2) is 48.6 Å². The van der Waals surface area contributed by atoms with E-state index in [0.29, 0.717) is 19.3 Å². The molecular formula is C51H90O6. The molecule has 0 N–H and O–H groups in total. The van der Waals surface area contributed by atoms with Gasteiger partial charge in [0.05, 0.1) is 0 Å². The number of unbranched alkanes of at least 4 members (excludes halogenated alkanes) is 24. The van der Waals surface area contributed by atoms with Crippen LogP contribution in [0.5, 0.6) is 0 Å². The molecule has 330 valence electrons. The number of allylic oxidation sites excluding steroid dienone is 8. The van der Waals surface area contributed by atoms with Crippen LogP contribution in [0.1, 0.15) is 239 Å². The van der Waals surface area contributed by atoms with Crippen molar-refractivity contribution in [1.82, 2.24) is 0 Å². The number of hydrogen-bond acceptors (Lipinski definition) is 6. The molecule has 0 aliphatic carbocycles. The summed E-state index contributed by atoms with van der Waals surface area (Å²) in [6.45, 7) is 6.40. The van der Waals surface area contributed by atoms with E-state index in [-0.39, 0.29) is 31.1 Å². The molecule has 6 heteroatoms. The lowest BCUT2D eigenvalue weighted by Crippen LogP contribution is -2.30. The quantitative estimate of drug-likeness (QED) is 0.0265. The first-order valence-corrected chi connectivity index (χ1v) is 24.1. The summed E-state index contributed by atoms with van der Waals surface area (Å²) in [7, 11) is 0. The fourth-order valence-electron chi connectivity index (χ4n) is 6.75. The maximum absolute atomic E-state index is 12.7. The lowest BCUT2D eigenvalue weighted by Gasteiger charge is -2.18. The summed E-state index contributed by atoms with van der Waals surface area (Å²) in [5, 5.41) is 0. The highest BCUT2D eigenvalue weighted by atomic mass is 16.6. The highest BCUT2D eigenvalue weighted by Gasteiger charge is 2.19. The van der Waals surface area contributed by atoms with Crippen LogP contribution in [0.4, 0.5) is 0 Å². The molecular weight excluding hydrogens is 709 g/mol. The summed E-state index contributed by atoms with van der Waals surface area (Å²) in [6.07, 6.45) is 53.8. The third-order valence-electron chi connectivity index (χ3n) is 10.3. The first-order valence-electron chi connectivity index (χ1n) is 24.1. The predicted molar refractivity (Wildman–Crippen MR) is 242 cm³/mol. The van der Waals surface area contributed by atoms with Crippen molar-refractivity contribution in [3.8, 4) is 0 Å². The molecule has 0 aliphatic rings. The van der Waals surface area contributed by atoms with Gasteiger partial charge in [-0.3, -0.25) is 14.4 Å². The van der Waals surface area contributed by atoms with Crippen LogP contribution < -0.4 is 0 Å². The molecule has 0 aliphatic heterocycles. The summed E-state index contributed by atoms with van der Waals surface area (Å²) in [4.78, 5) is 37.8. The zero-order valence-electron chi connectivity index (χ0n) is 37.6. The lowest BCUT2D eigenvalue weighted by atomic mass is 10.0. The Morgan fingerprint density at radius 1 is 0.368 bits per heavy atom. The molecule has 0 fully saturated rings. The number of rotatable bonds is 43. The Bertz CT molecular complexity index is 1010. The molecule has 1 atom stereocenters. The van der Waals surface area contributed by atoms with E-state index in [1.807, 2.05) is 0 Å². The minimum Gasteiger partial charge on any atom is -0.462 e. The number of carbonyl (C=O) groups is 3. The van der Waals surface area contributed by atoms with Gasteiger partial charge in [-0.25, -0.2) is 0 Å². The van der Waals surface area contributed by atoms with Gasteiger partial charge in [0.15, 0.2) is 6.10 Å². The molecule has 1 unspecified atom stereocenters. The first-order chi connectivity index (χ1) is 28.0.